The van der Waals surface area contributed by atoms with Crippen molar-refractivity contribution in [3.8, 4) is 0 Å². The molecule has 1 aliphatic rings. The van der Waals surface area contributed by atoms with Crippen molar-refractivity contribution in [3.63, 3.8) is 0 Å². The first-order chi connectivity index (χ1) is 16.2. The van der Waals surface area contributed by atoms with Crippen LogP contribution < -0.4 is 4.90 Å². The first-order valence-corrected chi connectivity index (χ1v) is 11.1. The summed E-state index contributed by atoms with van der Waals surface area (Å²) in [5, 5.41) is 0. The Morgan fingerprint density at radius 3 is 2.09 bits per heavy atom. The minimum absolute atomic E-state index is 0.0802. The van der Waals surface area contributed by atoms with Crippen molar-refractivity contribution < 1.29 is 14.3 Å². The van der Waals surface area contributed by atoms with Crippen molar-refractivity contribution in [1.82, 2.24) is 9.97 Å². The number of amides is 1. The van der Waals surface area contributed by atoms with E-state index >= 15 is 0 Å². The Balaban J connectivity index is 1.48. The third kappa shape index (κ3) is 3.96. The molecule has 0 N–H and O–H groups in total. The first-order valence-electron chi connectivity index (χ1n) is 11.1. The number of carbonyl (C=O) groups excluding carboxylic acids is 2. The molecule has 6 nitrogen and oxygen atoms in total. The number of hydrogen-bond acceptors (Lipinski definition) is 5. The average Bonchev–Trinajstić information content (AvgIpc) is 3.03. The first kappa shape index (κ1) is 20.8. The third-order valence-electron chi connectivity index (χ3n) is 5.90. The van der Waals surface area contributed by atoms with Crippen molar-refractivity contribution >= 4 is 34.3 Å². The van der Waals surface area contributed by atoms with Gasteiger partial charge in [0.15, 0.2) is 11.8 Å². The van der Waals surface area contributed by atoms with Gasteiger partial charge < -0.3 is 4.74 Å². The highest BCUT2D eigenvalue weighted by molar-refractivity contribution is 6.05. The zero-order valence-electron chi connectivity index (χ0n) is 18.3. The summed E-state index contributed by atoms with van der Waals surface area (Å²) in [4.78, 5) is 37.1. The quantitative estimate of drug-likeness (QED) is 0.419. The second kappa shape index (κ2) is 8.82. The van der Waals surface area contributed by atoms with Crippen LogP contribution in [0.3, 0.4) is 0 Å². The molecule has 33 heavy (non-hydrogen) atoms. The van der Waals surface area contributed by atoms with E-state index in [1.807, 2.05) is 73.7 Å². The molecule has 1 atom stereocenters. The van der Waals surface area contributed by atoms with Crippen molar-refractivity contribution in [2.24, 2.45) is 0 Å². The lowest BCUT2D eigenvalue weighted by Gasteiger charge is -2.28. The van der Waals surface area contributed by atoms with Gasteiger partial charge in [-0.25, -0.2) is 9.78 Å². The molecule has 164 valence electrons. The number of para-hydroxylation sites is 4. The number of fused-ring (bicyclic) bond motifs is 3. The van der Waals surface area contributed by atoms with Crippen LogP contribution in [0.5, 0.6) is 0 Å². The van der Waals surface area contributed by atoms with Gasteiger partial charge in [-0.1, -0.05) is 55.5 Å². The molecule has 0 saturated carbocycles. The van der Waals surface area contributed by atoms with Crippen LogP contribution in [0.25, 0.3) is 11.0 Å². The molecule has 0 saturated heterocycles. The SMILES string of the molecule is CCC(OC(=O)c1cnc2ccccc2n1)C(=O)N1c2ccccc2CCc2ccccc21. The highest BCUT2D eigenvalue weighted by atomic mass is 16.5. The van der Waals surface area contributed by atoms with E-state index < -0.39 is 12.1 Å². The molecule has 0 bridgehead atoms. The van der Waals surface area contributed by atoms with Gasteiger partial charge in [-0.15, -0.1) is 0 Å². The summed E-state index contributed by atoms with van der Waals surface area (Å²) in [5.41, 5.74) is 5.19. The van der Waals surface area contributed by atoms with Crippen LogP contribution in [-0.2, 0) is 22.4 Å². The summed E-state index contributed by atoms with van der Waals surface area (Å²) in [7, 11) is 0. The number of aromatic nitrogens is 2. The maximum absolute atomic E-state index is 13.8. The smallest absolute Gasteiger partial charge is 0.359 e. The number of carbonyl (C=O) groups is 2. The van der Waals surface area contributed by atoms with Crippen LogP contribution in [-0.4, -0.2) is 27.9 Å². The van der Waals surface area contributed by atoms with Crippen LogP contribution in [0.1, 0.15) is 35.0 Å². The number of aryl methyl sites for hydroxylation is 2. The maximum atomic E-state index is 13.8. The zero-order valence-corrected chi connectivity index (χ0v) is 18.3. The van der Waals surface area contributed by atoms with Crippen LogP contribution in [0.2, 0.25) is 0 Å². The number of hydrogen-bond donors (Lipinski definition) is 0. The van der Waals surface area contributed by atoms with Crippen molar-refractivity contribution in [2.45, 2.75) is 32.3 Å². The summed E-state index contributed by atoms with van der Waals surface area (Å²) < 4.78 is 5.69. The fraction of sp³-hybridized carbons (Fsp3) is 0.185. The lowest BCUT2D eigenvalue weighted by Crippen LogP contribution is -2.39. The molecule has 0 radical (unpaired) electrons. The standard InChI is InChI=1S/C27H23N3O3/c1-2-25(33-27(32)22-17-28-20-11-5-6-12-21(20)29-22)26(31)30-23-13-7-3-9-18(23)15-16-19-10-4-8-14-24(19)30/h3-14,17,25H,2,15-16H2,1H3. The number of ether oxygens (including phenoxy) is 1. The van der Waals surface area contributed by atoms with Crippen LogP contribution in [0.15, 0.2) is 79.0 Å². The Labute approximate surface area is 191 Å². The van der Waals surface area contributed by atoms with Gasteiger partial charge in [-0.05, 0) is 54.7 Å². The van der Waals surface area contributed by atoms with Gasteiger partial charge in [0.05, 0.1) is 28.6 Å². The minimum atomic E-state index is -0.954. The van der Waals surface area contributed by atoms with Gasteiger partial charge in [-0.3, -0.25) is 14.7 Å². The summed E-state index contributed by atoms with van der Waals surface area (Å²) in [6.07, 6.45) is 2.44. The van der Waals surface area contributed by atoms with Gasteiger partial charge in [0, 0.05) is 0 Å². The fourth-order valence-corrected chi connectivity index (χ4v) is 4.21. The zero-order chi connectivity index (χ0) is 22.8. The molecular weight excluding hydrogens is 414 g/mol. The van der Waals surface area contributed by atoms with Gasteiger partial charge in [-0.2, -0.15) is 0 Å². The topological polar surface area (TPSA) is 72.4 Å². The molecule has 1 aliphatic heterocycles. The van der Waals surface area contributed by atoms with Crippen molar-refractivity contribution in [3.05, 3.63) is 95.8 Å². The van der Waals surface area contributed by atoms with E-state index in [9.17, 15) is 9.59 Å². The Hall–Kier alpha value is -4.06. The molecule has 5 rings (SSSR count). The lowest BCUT2D eigenvalue weighted by atomic mass is 10.0. The molecule has 1 amide bonds. The number of nitrogens with zero attached hydrogens (tertiary/aromatic N) is 3. The monoisotopic (exact) mass is 437 g/mol. The molecule has 2 heterocycles. The Morgan fingerprint density at radius 2 is 1.45 bits per heavy atom. The normalized spacial score (nSPS) is 13.5. The molecule has 0 fully saturated rings. The molecule has 0 spiro atoms. The minimum Gasteiger partial charge on any atom is -0.447 e. The van der Waals surface area contributed by atoms with Gasteiger partial charge >= 0.3 is 5.97 Å². The highest BCUT2D eigenvalue weighted by Gasteiger charge is 2.32. The number of esters is 1. The van der Waals surface area contributed by atoms with E-state index in [0.717, 1.165) is 35.3 Å². The molecule has 4 aromatic rings. The summed E-state index contributed by atoms with van der Waals surface area (Å²) in [6, 6.07) is 23.1. The Bertz CT molecular complexity index is 1300. The molecule has 1 unspecified atom stereocenters. The van der Waals surface area contributed by atoms with E-state index in [1.165, 1.54) is 6.20 Å². The van der Waals surface area contributed by atoms with Crippen LogP contribution in [0.4, 0.5) is 11.4 Å². The summed E-state index contributed by atoms with van der Waals surface area (Å²) >= 11 is 0. The summed E-state index contributed by atoms with van der Waals surface area (Å²) in [5.74, 6) is -0.939. The maximum Gasteiger partial charge on any atom is 0.359 e. The van der Waals surface area contributed by atoms with Crippen LogP contribution in [0, 0.1) is 0 Å². The second-order valence-electron chi connectivity index (χ2n) is 7.98. The fourth-order valence-electron chi connectivity index (χ4n) is 4.21. The third-order valence-corrected chi connectivity index (χ3v) is 5.90. The van der Waals surface area contributed by atoms with E-state index in [1.54, 1.807) is 11.0 Å². The Kier molecular flexibility index (Phi) is 5.57. The second-order valence-corrected chi connectivity index (χ2v) is 7.98. The number of rotatable bonds is 4. The number of benzene rings is 3. The lowest BCUT2D eigenvalue weighted by molar-refractivity contribution is -0.126. The Morgan fingerprint density at radius 1 is 0.879 bits per heavy atom. The van der Waals surface area contributed by atoms with E-state index in [0.29, 0.717) is 17.5 Å². The van der Waals surface area contributed by atoms with Crippen molar-refractivity contribution in [1.29, 1.82) is 0 Å². The van der Waals surface area contributed by atoms with E-state index in [-0.39, 0.29) is 11.6 Å². The van der Waals surface area contributed by atoms with Gasteiger partial charge in [0.2, 0.25) is 0 Å². The molecular formula is C27H23N3O3. The molecule has 3 aromatic carbocycles. The summed E-state index contributed by atoms with van der Waals surface area (Å²) in [6.45, 7) is 1.83. The van der Waals surface area contributed by atoms with Gasteiger partial charge in [0.1, 0.15) is 0 Å². The molecule has 6 heteroatoms. The van der Waals surface area contributed by atoms with Crippen molar-refractivity contribution in [2.75, 3.05) is 4.90 Å². The van der Waals surface area contributed by atoms with Gasteiger partial charge in [0.25, 0.3) is 5.91 Å². The van der Waals surface area contributed by atoms with E-state index in [2.05, 4.69) is 9.97 Å². The average molecular weight is 437 g/mol. The molecule has 1 aromatic heterocycles. The largest absolute Gasteiger partial charge is 0.447 e. The molecule has 0 aliphatic carbocycles. The predicted octanol–water partition coefficient (Wildman–Crippen LogP) is 5.03. The predicted molar refractivity (Wildman–Crippen MR) is 126 cm³/mol. The van der Waals surface area contributed by atoms with Crippen LogP contribution >= 0.6 is 0 Å². The number of anilines is 2. The van der Waals surface area contributed by atoms with E-state index in [4.69, 9.17) is 4.74 Å². The highest BCUT2D eigenvalue weighted by Crippen LogP contribution is 2.36.